The maximum Gasteiger partial charge on any atom is 0.243 e. The van der Waals surface area contributed by atoms with Crippen LogP contribution in [-0.2, 0) is 4.74 Å². The first-order valence-corrected chi connectivity index (χ1v) is 5.50. The van der Waals surface area contributed by atoms with Crippen LogP contribution in [0.25, 0.3) is 0 Å². The SMILES string of the molecule is CCOC(C)(C)CNc1nnc(C)c(C)n1. The number of nitrogens with zero attached hydrogens (tertiary/aromatic N) is 3. The molecule has 0 spiro atoms. The third kappa shape index (κ3) is 3.73. The molecule has 0 aromatic carbocycles. The van der Waals surface area contributed by atoms with Gasteiger partial charge >= 0.3 is 0 Å². The van der Waals surface area contributed by atoms with E-state index >= 15 is 0 Å². The van der Waals surface area contributed by atoms with Crippen molar-refractivity contribution < 1.29 is 4.74 Å². The van der Waals surface area contributed by atoms with Gasteiger partial charge in [-0.25, -0.2) is 4.98 Å². The number of nitrogens with one attached hydrogen (secondary N) is 1. The quantitative estimate of drug-likeness (QED) is 0.825. The van der Waals surface area contributed by atoms with Crippen molar-refractivity contribution in [3.63, 3.8) is 0 Å². The zero-order valence-corrected chi connectivity index (χ0v) is 10.7. The third-order valence-electron chi connectivity index (χ3n) is 2.30. The number of ether oxygens (including phenoxy) is 1. The lowest BCUT2D eigenvalue weighted by Gasteiger charge is -2.24. The van der Waals surface area contributed by atoms with Crippen LogP contribution >= 0.6 is 0 Å². The standard InChI is InChI=1S/C11H20N4O/c1-6-16-11(4,5)7-12-10-13-8(2)9(3)14-15-10/h6-7H2,1-5H3,(H,12,13,15). The molecule has 0 radical (unpaired) electrons. The van der Waals surface area contributed by atoms with Crippen molar-refractivity contribution in [1.82, 2.24) is 15.2 Å². The van der Waals surface area contributed by atoms with Crippen molar-refractivity contribution in [2.24, 2.45) is 0 Å². The Bertz CT molecular complexity index is 352. The minimum Gasteiger partial charge on any atom is -0.374 e. The second-order valence-corrected chi connectivity index (χ2v) is 4.35. The fraction of sp³-hybridized carbons (Fsp3) is 0.727. The fourth-order valence-electron chi connectivity index (χ4n) is 1.27. The van der Waals surface area contributed by atoms with Crippen LogP contribution in [-0.4, -0.2) is 33.9 Å². The highest BCUT2D eigenvalue weighted by Gasteiger charge is 2.17. The zero-order chi connectivity index (χ0) is 12.2. The molecule has 0 saturated carbocycles. The Morgan fingerprint density at radius 2 is 1.88 bits per heavy atom. The maximum absolute atomic E-state index is 5.57. The molecule has 5 heteroatoms. The van der Waals surface area contributed by atoms with Gasteiger partial charge in [-0.3, -0.25) is 0 Å². The summed E-state index contributed by atoms with van der Waals surface area (Å²) in [6.45, 7) is 11.2. The van der Waals surface area contributed by atoms with Gasteiger partial charge in [0.15, 0.2) is 0 Å². The number of aromatic nitrogens is 3. The van der Waals surface area contributed by atoms with Crippen LogP contribution in [0.1, 0.15) is 32.2 Å². The van der Waals surface area contributed by atoms with Gasteiger partial charge in [-0.2, -0.15) is 5.10 Å². The number of anilines is 1. The van der Waals surface area contributed by atoms with Crippen LogP contribution in [0.3, 0.4) is 0 Å². The second-order valence-electron chi connectivity index (χ2n) is 4.35. The summed E-state index contributed by atoms with van der Waals surface area (Å²) in [6, 6.07) is 0. The van der Waals surface area contributed by atoms with E-state index in [4.69, 9.17) is 4.74 Å². The van der Waals surface area contributed by atoms with E-state index in [0.717, 1.165) is 11.4 Å². The van der Waals surface area contributed by atoms with Crippen molar-refractivity contribution in [2.75, 3.05) is 18.5 Å². The first-order valence-electron chi connectivity index (χ1n) is 5.50. The van der Waals surface area contributed by atoms with Gasteiger partial charge in [-0.1, -0.05) is 0 Å². The minimum atomic E-state index is -0.225. The van der Waals surface area contributed by atoms with Crippen molar-refractivity contribution in [1.29, 1.82) is 0 Å². The summed E-state index contributed by atoms with van der Waals surface area (Å²) in [7, 11) is 0. The zero-order valence-electron chi connectivity index (χ0n) is 10.7. The predicted octanol–water partition coefficient (Wildman–Crippen LogP) is 1.72. The lowest BCUT2D eigenvalue weighted by atomic mass is 10.1. The molecule has 0 unspecified atom stereocenters. The minimum absolute atomic E-state index is 0.225. The molecule has 1 rings (SSSR count). The van der Waals surface area contributed by atoms with E-state index in [2.05, 4.69) is 20.5 Å². The van der Waals surface area contributed by atoms with Gasteiger partial charge < -0.3 is 10.1 Å². The number of aryl methyl sites for hydroxylation is 2. The molecule has 5 nitrogen and oxygen atoms in total. The molecule has 0 aliphatic rings. The molecule has 0 aliphatic heterocycles. The third-order valence-corrected chi connectivity index (χ3v) is 2.30. The smallest absolute Gasteiger partial charge is 0.243 e. The molecule has 0 amide bonds. The number of rotatable bonds is 5. The van der Waals surface area contributed by atoms with Gasteiger partial charge in [-0.15, -0.1) is 5.10 Å². The molecule has 16 heavy (non-hydrogen) atoms. The molecule has 0 aliphatic carbocycles. The topological polar surface area (TPSA) is 59.9 Å². The highest BCUT2D eigenvalue weighted by atomic mass is 16.5. The average Bonchev–Trinajstić information content (AvgIpc) is 2.20. The lowest BCUT2D eigenvalue weighted by Crippen LogP contribution is -2.34. The van der Waals surface area contributed by atoms with Crippen LogP contribution in [0, 0.1) is 13.8 Å². The van der Waals surface area contributed by atoms with Crippen molar-refractivity contribution in [2.45, 2.75) is 40.2 Å². The normalized spacial score (nSPS) is 11.6. The molecular weight excluding hydrogens is 204 g/mol. The summed E-state index contributed by atoms with van der Waals surface area (Å²) >= 11 is 0. The first-order chi connectivity index (χ1) is 7.44. The van der Waals surface area contributed by atoms with Crippen LogP contribution in [0.5, 0.6) is 0 Å². The first kappa shape index (κ1) is 12.8. The van der Waals surface area contributed by atoms with Gasteiger partial charge in [0.25, 0.3) is 0 Å². The summed E-state index contributed by atoms with van der Waals surface area (Å²) in [5.74, 6) is 0.552. The van der Waals surface area contributed by atoms with Crippen LogP contribution in [0.4, 0.5) is 5.95 Å². The lowest BCUT2D eigenvalue weighted by molar-refractivity contribution is 0.000568. The van der Waals surface area contributed by atoms with Gasteiger partial charge in [0.05, 0.1) is 17.0 Å². The van der Waals surface area contributed by atoms with E-state index in [0.29, 0.717) is 19.1 Å². The summed E-state index contributed by atoms with van der Waals surface area (Å²) in [6.07, 6.45) is 0. The summed E-state index contributed by atoms with van der Waals surface area (Å²) in [5.41, 5.74) is 1.53. The van der Waals surface area contributed by atoms with Gasteiger partial charge in [0.1, 0.15) is 0 Å². The Morgan fingerprint density at radius 3 is 2.44 bits per heavy atom. The van der Waals surface area contributed by atoms with E-state index in [1.165, 1.54) is 0 Å². The highest BCUT2D eigenvalue weighted by molar-refractivity contribution is 5.25. The monoisotopic (exact) mass is 224 g/mol. The largest absolute Gasteiger partial charge is 0.374 e. The van der Waals surface area contributed by atoms with Crippen LogP contribution in [0.15, 0.2) is 0 Å². The van der Waals surface area contributed by atoms with Gasteiger partial charge in [0.2, 0.25) is 5.95 Å². The Hall–Kier alpha value is -1.23. The molecule has 0 atom stereocenters. The number of hydrogen-bond acceptors (Lipinski definition) is 5. The fourth-order valence-corrected chi connectivity index (χ4v) is 1.27. The number of hydrogen-bond donors (Lipinski definition) is 1. The Morgan fingerprint density at radius 1 is 1.19 bits per heavy atom. The van der Waals surface area contributed by atoms with Crippen molar-refractivity contribution >= 4 is 5.95 Å². The molecule has 1 aromatic rings. The Kier molecular flexibility index (Phi) is 4.18. The molecule has 90 valence electrons. The van der Waals surface area contributed by atoms with Crippen LogP contribution in [0.2, 0.25) is 0 Å². The summed E-state index contributed by atoms with van der Waals surface area (Å²) in [5, 5.41) is 11.1. The second kappa shape index (κ2) is 5.21. The van der Waals surface area contributed by atoms with E-state index < -0.39 is 0 Å². The maximum atomic E-state index is 5.57. The van der Waals surface area contributed by atoms with Crippen molar-refractivity contribution in [3.8, 4) is 0 Å². The molecule has 0 bridgehead atoms. The van der Waals surface area contributed by atoms with Crippen LogP contribution < -0.4 is 5.32 Å². The van der Waals surface area contributed by atoms with Gasteiger partial charge in [0, 0.05) is 13.2 Å². The average molecular weight is 224 g/mol. The Labute approximate surface area is 96.6 Å². The summed E-state index contributed by atoms with van der Waals surface area (Å²) < 4.78 is 5.57. The van der Waals surface area contributed by atoms with Gasteiger partial charge in [-0.05, 0) is 34.6 Å². The van der Waals surface area contributed by atoms with E-state index in [9.17, 15) is 0 Å². The van der Waals surface area contributed by atoms with E-state index in [-0.39, 0.29) is 5.60 Å². The molecule has 1 N–H and O–H groups in total. The Balaban J connectivity index is 2.57. The summed E-state index contributed by atoms with van der Waals surface area (Å²) in [4.78, 5) is 4.30. The van der Waals surface area contributed by atoms with E-state index in [1.807, 2.05) is 34.6 Å². The highest BCUT2D eigenvalue weighted by Crippen LogP contribution is 2.10. The molecule has 0 saturated heterocycles. The predicted molar refractivity (Wildman–Crippen MR) is 63.5 cm³/mol. The molecule has 1 heterocycles. The van der Waals surface area contributed by atoms with Crippen molar-refractivity contribution in [3.05, 3.63) is 11.4 Å². The molecule has 1 aromatic heterocycles. The molecule has 0 fully saturated rings. The van der Waals surface area contributed by atoms with E-state index in [1.54, 1.807) is 0 Å². The molecular formula is C11H20N4O.